The van der Waals surface area contributed by atoms with Crippen molar-refractivity contribution in [3.8, 4) is 11.8 Å². The van der Waals surface area contributed by atoms with Crippen molar-refractivity contribution in [2.24, 2.45) is 0 Å². The van der Waals surface area contributed by atoms with Gasteiger partial charge < -0.3 is 4.74 Å². The first-order chi connectivity index (χ1) is 8.06. The van der Waals surface area contributed by atoms with Gasteiger partial charge in [-0.1, -0.05) is 17.9 Å². The summed E-state index contributed by atoms with van der Waals surface area (Å²) in [7, 11) is 1.21. The van der Waals surface area contributed by atoms with Gasteiger partial charge in [0.15, 0.2) is 0 Å². The van der Waals surface area contributed by atoms with Crippen LogP contribution in [0.2, 0.25) is 0 Å². The maximum Gasteiger partial charge on any atom is 0.317 e. The van der Waals surface area contributed by atoms with E-state index in [9.17, 15) is 19.3 Å². The first-order valence-corrected chi connectivity index (χ1v) is 4.55. The Hall–Kier alpha value is -2.42. The van der Waals surface area contributed by atoms with Crippen molar-refractivity contribution in [3.05, 3.63) is 39.7 Å². The Bertz CT molecular complexity index is 516. The average molecular weight is 237 g/mol. The topological polar surface area (TPSA) is 69.4 Å². The predicted molar refractivity (Wildman–Crippen MR) is 56.6 cm³/mol. The normalized spacial score (nSPS) is 9.06. The zero-order valence-corrected chi connectivity index (χ0v) is 8.90. The first kappa shape index (κ1) is 12.6. The molecule has 0 aromatic heterocycles. The Balaban J connectivity index is 2.96. The van der Waals surface area contributed by atoms with Crippen molar-refractivity contribution in [3.63, 3.8) is 0 Å². The zero-order chi connectivity index (χ0) is 12.8. The molecule has 6 heteroatoms. The number of methoxy groups -OCH3 is 1. The molecule has 0 spiro atoms. The van der Waals surface area contributed by atoms with Crippen LogP contribution in [0.15, 0.2) is 18.2 Å². The molecule has 0 heterocycles. The lowest BCUT2D eigenvalue weighted by atomic mass is 10.2. The number of hydrogen-bond acceptors (Lipinski definition) is 4. The van der Waals surface area contributed by atoms with E-state index in [0.717, 1.165) is 6.07 Å². The number of nitro benzene ring substituents is 1. The van der Waals surface area contributed by atoms with E-state index in [0.29, 0.717) is 0 Å². The SMILES string of the molecule is COC(=O)CC#Cc1cccc([N+](=O)[O-])c1F. The van der Waals surface area contributed by atoms with Crippen molar-refractivity contribution in [1.82, 2.24) is 0 Å². The van der Waals surface area contributed by atoms with E-state index in [-0.39, 0.29) is 12.0 Å². The molecule has 0 aliphatic rings. The number of nitrogens with zero attached hydrogens (tertiary/aromatic N) is 1. The summed E-state index contributed by atoms with van der Waals surface area (Å²) in [5, 5.41) is 10.4. The molecule has 0 atom stereocenters. The lowest BCUT2D eigenvalue weighted by Crippen LogP contribution is -1.97. The number of carbonyl (C=O) groups excluding carboxylic acids is 1. The largest absolute Gasteiger partial charge is 0.468 e. The van der Waals surface area contributed by atoms with E-state index in [1.165, 1.54) is 19.2 Å². The standard InChI is InChI=1S/C11H8FNO4/c1-17-10(14)7-3-5-8-4-2-6-9(11(8)12)13(15)16/h2,4,6H,7H2,1H3. The van der Waals surface area contributed by atoms with Crippen LogP contribution in [-0.4, -0.2) is 18.0 Å². The molecule has 17 heavy (non-hydrogen) atoms. The highest BCUT2D eigenvalue weighted by molar-refractivity contribution is 5.72. The third kappa shape index (κ3) is 3.28. The second-order valence-corrected chi connectivity index (χ2v) is 2.95. The van der Waals surface area contributed by atoms with E-state index in [1.54, 1.807) is 0 Å². The summed E-state index contributed by atoms with van der Waals surface area (Å²) in [5.74, 6) is 3.16. The fourth-order valence-corrected chi connectivity index (χ4v) is 1.04. The van der Waals surface area contributed by atoms with Gasteiger partial charge in [-0.05, 0) is 6.07 Å². The molecule has 1 rings (SSSR count). The highest BCUT2D eigenvalue weighted by Crippen LogP contribution is 2.19. The second kappa shape index (κ2) is 5.61. The molecule has 0 N–H and O–H groups in total. The zero-order valence-electron chi connectivity index (χ0n) is 8.90. The number of rotatable bonds is 2. The monoisotopic (exact) mass is 237 g/mol. The van der Waals surface area contributed by atoms with E-state index in [2.05, 4.69) is 16.6 Å². The number of benzene rings is 1. The molecule has 0 saturated carbocycles. The Morgan fingerprint density at radius 1 is 1.59 bits per heavy atom. The second-order valence-electron chi connectivity index (χ2n) is 2.95. The molecular weight excluding hydrogens is 229 g/mol. The van der Waals surface area contributed by atoms with Gasteiger partial charge in [0, 0.05) is 6.07 Å². The summed E-state index contributed by atoms with van der Waals surface area (Å²) >= 11 is 0. The maximum absolute atomic E-state index is 13.5. The van der Waals surface area contributed by atoms with Crippen LogP contribution in [0.25, 0.3) is 0 Å². The molecule has 0 bridgehead atoms. The van der Waals surface area contributed by atoms with Crippen LogP contribution < -0.4 is 0 Å². The minimum atomic E-state index is -1.00. The molecule has 0 unspecified atom stereocenters. The highest BCUT2D eigenvalue weighted by Gasteiger charge is 2.15. The van der Waals surface area contributed by atoms with Gasteiger partial charge in [0.2, 0.25) is 5.82 Å². The van der Waals surface area contributed by atoms with Crippen LogP contribution in [0, 0.1) is 27.8 Å². The average Bonchev–Trinajstić information content (AvgIpc) is 2.30. The molecule has 5 nitrogen and oxygen atoms in total. The Morgan fingerprint density at radius 3 is 2.88 bits per heavy atom. The van der Waals surface area contributed by atoms with Crippen LogP contribution in [0.4, 0.5) is 10.1 Å². The molecular formula is C11H8FNO4. The molecule has 0 fully saturated rings. The number of carbonyl (C=O) groups is 1. The van der Waals surface area contributed by atoms with Crippen LogP contribution in [-0.2, 0) is 9.53 Å². The quantitative estimate of drug-likeness (QED) is 0.339. The van der Waals surface area contributed by atoms with Gasteiger partial charge in [0.1, 0.15) is 6.42 Å². The lowest BCUT2D eigenvalue weighted by molar-refractivity contribution is -0.387. The van der Waals surface area contributed by atoms with Gasteiger partial charge in [0.25, 0.3) is 0 Å². The highest BCUT2D eigenvalue weighted by atomic mass is 19.1. The van der Waals surface area contributed by atoms with E-state index in [1.807, 2.05) is 0 Å². The summed E-state index contributed by atoms with van der Waals surface area (Å²) in [6.45, 7) is 0. The fourth-order valence-electron chi connectivity index (χ4n) is 1.04. The number of nitro groups is 1. The van der Waals surface area contributed by atoms with Gasteiger partial charge in [-0.3, -0.25) is 14.9 Å². The van der Waals surface area contributed by atoms with E-state index in [4.69, 9.17) is 0 Å². The fraction of sp³-hybridized carbons (Fsp3) is 0.182. The van der Waals surface area contributed by atoms with Gasteiger partial charge >= 0.3 is 11.7 Å². The van der Waals surface area contributed by atoms with Crippen molar-refractivity contribution >= 4 is 11.7 Å². The Kier molecular flexibility index (Phi) is 4.17. The van der Waals surface area contributed by atoms with E-state index < -0.39 is 22.4 Å². The summed E-state index contributed by atoms with van der Waals surface area (Å²) in [5.41, 5.74) is -0.766. The summed E-state index contributed by atoms with van der Waals surface area (Å²) in [6.07, 6.45) is -0.196. The molecule has 0 saturated heterocycles. The first-order valence-electron chi connectivity index (χ1n) is 4.55. The number of ether oxygens (including phenoxy) is 1. The summed E-state index contributed by atoms with van der Waals surface area (Å²) < 4.78 is 17.8. The van der Waals surface area contributed by atoms with Crippen molar-refractivity contribution in [2.45, 2.75) is 6.42 Å². The van der Waals surface area contributed by atoms with Crippen LogP contribution in [0.1, 0.15) is 12.0 Å². The third-order valence-electron chi connectivity index (χ3n) is 1.86. The molecule has 1 aromatic carbocycles. The Morgan fingerprint density at radius 2 is 2.29 bits per heavy atom. The lowest BCUT2D eigenvalue weighted by Gasteiger charge is -1.95. The van der Waals surface area contributed by atoms with Gasteiger partial charge in [-0.2, -0.15) is 4.39 Å². The number of esters is 1. The van der Waals surface area contributed by atoms with Crippen LogP contribution in [0.5, 0.6) is 0 Å². The van der Waals surface area contributed by atoms with Gasteiger partial charge in [0.05, 0.1) is 17.6 Å². The van der Waals surface area contributed by atoms with Gasteiger partial charge in [-0.25, -0.2) is 0 Å². The minimum Gasteiger partial charge on any atom is -0.468 e. The maximum atomic E-state index is 13.5. The van der Waals surface area contributed by atoms with Crippen molar-refractivity contribution in [2.75, 3.05) is 7.11 Å². The molecule has 1 aromatic rings. The Labute approximate surface area is 96.3 Å². The number of halogens is 1. The van der Waals surface area contributed by atoms with Crippen LogP contribution >= 0.6 is 0 Å². The number of hydrogen-bond donors (Lipinski definition) is 0. The molecule has 0 aliphatic heterocycles. The van der Waals surface area contributed by atoms with Crippen LogP contribution in [0.3, 0.4) is 0 Å². The molecule has 0 amide bonds. The molecule has 88 valence electrons. The van der Waals surface area contributed by atoms with E-state index >= 15 is 0 Å². The molecule has 0 aliphatic carbocycles. The van der Waals surface area contributed by atoms with Gasteiger partial charge in [-0.15, -0.1) is 0 Å². The molecule has 0 radical (unpaired) electrons. The third-order valence-corrected chi connectivity index (χ3v) is 1.86. The predicted octanol–water partition coefficient (Wildman–Crippen LogP) is 1.65. The van der Waals surface area contributed by atoms with Crippen molar-refractivity contribution in [1.29, 1.82) is 0 Å². The summed E-state index contributed by atoms with van der Waals surface area (Å²) in [6, 6.07) is 3.66. The summed E-state index contributed by atoms with van der Waals surface area (Å²) in [4.78, 5) is 20.3. The van der Waals surface area contributed by atoms with Crippen molar-refractivity contribution < 1.29 is 18.8 Å². The smallest absolute Gasteiger partial charge is 0.317 e. The minimum absolute atomic E-state index is 0.122.